The standard InChI is InChI=1S/C23H25F2N5O4/c1-13-20(34-16-5-3-4-14(10-16)23(31)32)7-6-17(27-13)21-19(30(2)29-28-21)12-33-15-8-9-26-18(11-15)22(24)25/h6-9,11,14,16,22H,3-5,10,12H2,1-2H3,(H,31,32)/t14-,16-/m0/s1. The lowest BCUT2D eigenvalue weighted by molar-refractivity contribution is -0.143. The Morgan fingerprint density at radius 2 is 2.12 bits per heavy atom. The summed E-state index contributed by atoms with van der Waals surface area (Å²) in [7, 11) is 1.71. The van der Waals surface area contributed by atoms with Gasteiger partial charge < -0.3 is 14.6 Å². The summed E-state index contributed by atoms with van der Waals surface area (Å²) in [5, 5.41) is 17.5. The highest BCUT2D eigenvalue weighted by Gasteiger charge is 2.28. The van der Waals surface area contributed by atoms with E-state index in [0.717, 1.165) is 12.8 Å². The van der Waals surface area contributed by atoms with Crippen molar-refractivity contribution in [3.8, 4) is 22.9 Å². The van der Waals surface area contributed by atoms with E-state index < -0.39 is 12.4 Å². The van der Waals surface area contributed by atoms with Crippen LogP contribution in [0, 0.1) is 12.8 Å². The largest absolute Gasteiger partial charge is 0.489 e. The molecule has 9 nitrogen and oxygen atoms in total. The number of ether oxygens (including phenoxy) is 2. The van der Waals surface area contributed by atoms with Crippen LogP contribution in [0.5, 0.6) is 11.5 Å². The van der Waals surface area contributed by atoms with Gasteiger partial charge in [0.25, 0.3) is 6.43 Å². The predicted octanol–water partition coefficient (Wildman–Crippen LogP) is 4.12. The monoisotopic (exact) mass is 473 g/mol. The van der Waals surface area contributed by atoms with Gasteiger partial charge in [0.15, 0.2) is 0 Å². The first-order valence-electron chi connectivity index (χ1n) is 10.9. The van der Waals surface area contributed by atoms with Crippen molar-refractivity contribution in [3.63, 3.8) is 0 Å². The molecule has 1 aliphatic carbocycles. The highest BCUT2D eigenvalue weighted by molar-refractivity contribution is 5.70. The predicted molar refractivity (Wildman–Crippen MR) is 117 cm³/mol. The molecule has 180 valence electrons. The van der Waals surface area contributed by atoms with Gasteiger partial charge in [-0.05, 0) is 50.8 Å². The highest BCUT2D eigenvalue weighted by Crippen LogP contribution is 2.31. The van der Waals surface area contributed by atoms with Crippen LogP contribution in [0.2, 0.25) is 0 Å². The van der Waals surface area contributed by atoms with Crippen LogP contribution in [-0.4, -0.2) is 42.1 Å². The topological polar surface area (TPSA) is 112 Å². The molecule has 34 heavy (non-hydrogen) atoms. The van der Waals surface area contributed by atoms with Gasteiger partial charge in [-0.25, -0.2) is 18.4 Å². The minimum absolute atomic E-state index is 0.0448. The van der Waals surface area contributed by atoms with Crippen LogP contribution in [0.25, 0.3) is 11.4 Å². The van der Waals surface area contributed by atoms with Crippen molar-refractivity contribution < 1.29 is 28.2 Å². The molecule has 0 radical (unpaired) electrons. The first-order valence-corrected chi connectivity index (χ1v) is 10.9. The van der Waals surface area contributed by atoms with E-state index in [1.807, 2.05) is 6.92 Å². The number of aromatic nitrogens is 5. The Bertz CT molecular complexity index is 1170. The summed E-state index contributed by atoms with van der Waals surface area (Å²) in [5.41, 5.74) is 1.97. The Kier molecular flexibility index (Phi) is 6.99. The zero-order chi connectivity index (χ0) is 24.2. The van der Waals surface area contributed by atoms with Gasteiger partial charge in [0.1, 0.15) is 35.2 Å². The normalized spacial score (nSPS) is 18.1. The lowest BCUT2D eigenvalue weighted by Crippen LogP contribution is -2.29. The molecule has 0 aliphatic heterocycles. The van der Waals surface area contributed by atoms with Crippen molar-refractivity contribution in [1.29, 1.82) is 0 Å². The van der Waals surface area contributed by atoms with Gasteiger partial charge >= 0.3 is 5.97 Å². The molecule has 1 aliphatic rings. The molecule has 4 rings (SSSR count). The van der Waals surface area contributed by atoms with Gasteiger partial charge in [-0.2, -0.15) is 0 Å². The Labute approximate surface area is 194 Å². The molecule has 0 unspecified atom stereocenters. The van der Waals surface area contributed by atoms with E-state index in [1.165, 1.54) is 18.3 Å². The molecule has 0 saturated heterocycles. The maximum Gasteiger partial charge on any atom is 0.306 e. The quantitative estimate of drug-likeness (QED) is 0.520. The molecule has 11 heteroatoms. The molecule has 3 aromatic heterocycles. The van der Waals surface area contributed by atoms with E-state index in [0.29, 0.717) is 41.4 Å². The molecule has 0 bridgehead atoms. The van der Waals surface area contributed by atoms with Crippen LogP contribution in [0.3, 0.4) is 0 Å². The highest BCUT2D eigenvalue weighted by atomic mass is 19.3. The van der Waals surface area contributed by atoms with Gasteiger partial charge in [-0.3, -0.25) is 9.78 Å². The van der Waals surface area contributed by atoms with Crippen LogP contribution in [0.15, 0.2) is 30.5 Å². The van der Waals surface area contributed by atoms with Crippen molar-refractivity contribution >= 4 is 5.97 Å². The molecular formula is C23H25F2N5O4. The Morgan fingerprint density at radius 3 is 2.85 bits per heavy atom. The van der Waals surface area contributed by atoms with Crippen molar-refractivity contribution in [2.24, 2.45) is 13.0 Å². The summed E-state index contributed by atoms with van der Waals surface area (Å²) < 4.78 is 39.1. The zero-order valence-corrected chi connectivity index (χ0v) is 18.8. The second-order valence-electron chi connectivity index (χ2n) is 8.24. The maximum absolute atomic E-state index is 12.9. The van der Waals surface area contributed by atoms with Crippen molar-refractivity contribution in [3.05, 3.63) is 47.5 Å². The van der Waals surface area contributed by atoms with Gasteiger partial charge in [-0.1, -0.05) is 5.21 Å². The van der Waals surface area contributed by atoms with E-state index in [9.17, 15) is 18.7 Å². The van der Waals surface area contributed by atoms with Gasteiger partial charge in [0.05, 0.1) is 23.4 Å². The number of hydrogen-bond donors (Lipinski definition) is 1. The summed E-state index contributed by atoms with van der Waals surface area (Å²) in [4.78, 5) is 19.6. The van der Waals surface area contributed by atoms with Crippen LogP contribution >= 0.6 is 0 Å². The number of pyridine rings is 2. The number of carbonyl (C=O) groups is 1. The number of carboxylic acid groups (broad SMARTS) is 1. The van der Waals surface area contributed by atoms with E-state index in [4.69, 9.17) is 9.47 Å². The SMILES string of the molecule is Cc1nc(-c2nnn(C)c2COc2ccnc(C(F)F)c2)ccc1O[C@H]1CCC[C@H](C(=O)O)C1. The summed E-state index contributed by atoms with van der Waals surface area (Å²) in [6, 6.07) is 6.25. The number of aliphatic carboxylic acids is 1. The van der Waals surface area contributed by atoms with Crippen LogP contribution in [-0.2, 0) is 18.4 Å². The smallest absolute Gasteiger partial charge is 0.306 e. The van der Waals surface area contributed by atoms with Crippen LogP contribution in [0.4, 0.5) is 8.78 Å². The van der Waals surface area contributed by atoms with E-state index in [1.54, 1.807) is 23.9 Å². The van der Waals surface area contributed by atoms with Crippen molar-refractivity contribution in [2.45, 2.75) is 51.7 Å². The molecule has 2 atom stereocenters. The van der Waals surface area contributed by atoms with Crippen molar-refractivity contribution in [2.75, 3.05) is 0 Å². The fourth-order valence-electron chi connectivity index (χ4n) is 3.99. The van der Waals surface area contributed by atoms with Gasteiger partial charge in [-0.15, -0.1) is 5.10 Å². The maximum atomic E-state index is 12.9. The summed E-state index contributed by atoms with van der Waals surface area (Å²) in [6.07, 6.45) is 1.18. The Morgan fingerprint density at radius 1 is 1.29 bits per heavy atom. The molecule has 0 spiro atoms. The average molecular weight is 473 g/mol. The second-order valence-corrected chi connectivity index (χ2v) is 8.24. The number of alkyl halides is 2. The summed E-state index contributed by atoms with van der Waals surface area (Å²) in [5.74, 6) is -0.311. The summed E-state index contributed by atoms with van der Waals surface area (Å²) >= 11 is 0. The third kappa shape index (κ3) is 5.29. The molecule has 1 saturated carbocycles. The number of halogens is 2. The Hall–Kier alpha value is -3.63. The summed E-state index contributed by atoms with van der Waals surface area (Å²) in [6.45, 7) is 1.86. The fraction of sp³-hybridized carbons (Fsp3) is 0.435. The molecule has 0 amide bonds. The number of nitrogens with zero attached hydrogens (tertiary/aromatic N) is 5. The fourth-order valence-corrected chi connectivity index (χ4v) is 3.99. The average Bonchev–Trinajstić information content (AvgIpc) is 3.19. The third-order valence-corrected chi connectivity index (χ3v) is 5.84. The van der Waals surface area contributed by atoms with Crippen molar-refractivity contribution in [1.82, 2.24) is 25.0 Å². The number of hydrogen-bond acceptors (Lipinski definition) is 7. The number of carboxylic acids is 1. The first-order chi connectivity index (χ1) is 16.3. The van der Waals surface area contributed by atoms with E-state index >= 15 is 0 Å². The molecule has 1 N–H and O–H groups in total. The minimum Gasteiger partial charge on any atom is -0.489 e. The van der Waals surface area contributed by atoms with E-state index in [2.05, 4.69) is 20.3 Å². The zero-order valence-electron chi connectivity index (χ0n) is 18.8. The van der Waals surface area contributed by atoms with Crippen LogP contribution < -0.4 is 9.47 Å². The van der Waals surface area contributed by atoms with Gasteiger partial charge in [0, 0.05) is 19.3 Å². The lowest BCUT2D eigenvalue weighted by atomic mass is 9.87. The number of aryl methyl sites for hydroxylation is 2. The van der Waals surface area contributed by atoms with Gasteiger partial charge in [0.2, 0.25) is 0 Å². The minimum atomic E-state index is -2.69. The third-order valence-electron chi connectivity index (χ3n) is 5.84. The molecule has 1 fully saturated rings. The van der Waals surface area contributed by atoms with Crippen LogP contribution in [0.1, 0.15) is 49.2 Å². The molecule has 0 aromatic carbocycles. The molecular weight excluding hydrogens is 448 g/mol. The molecule has 3 aromatic rings. The number of rotatable bonds is 8. The van der Waals surface area contributed by atoms with E-state index in [-0.39, 0.29) is 30.1 Å². The second kappa shape index (κ2) is 10.1. The molecule has 3 heterocycles. The first kappa shape index (κ1) is 23.5. The Balaban J connectivity index is 1.48. The lowest BCUT2D eigenvalue weighted by Gasteiger charge is -2.27.